The first kappa shape index (κ1) is 28.1. The summed E-state index contributed by atoms with van der Waals surface area (Å²) in [5.74, 6) is -5.18. The van der Waals surface area contributed by atoms with E-state index >= 15 is 8.78 Å². The van der Waals surface area contributed by atoms with Crippen molar-refractivity contribution in [1.82, 2.24) is 10.2 Å². The molecular weight excluding hydrogens is 552 g/mol. The second kappa shape index (κ2) is 11.2. The molecule has 3 unspecified atom stereocenters. The molecule has 2 aliphatic rings. The molecule has 1 fully saturated rings. The third-order valence-corrected chi connectivity index (χ3v) is 7.53. The van der Waals surface area contributed by atoms with E-state index in [0.717, 1.165) is 36.3 Å². The minimum absolute atomic E-state index is 0.00152. The first-order valence-corrected chi connectivity index (χ1v) is 13.2. The third-order valence-electron chi connectivity index (χ3n) is 7.33. The van der Waals surface area contributed by atoms with Crippen molar-refractivity contribution in [1.29, 1.82) is 0 Å². The zero-order valence-corrected chi connectivity index (χ0v) is 22.5. The Morgan fingerprint density at radius 1 is 1.10 bits per heavy atom. The molecule has 3 atom stereocenters. The van der Waals surface area contributed by atoms with Gasteiger partial charge in [-0.3, -0.25) is 9.69 Å². The predicted octanol–water partition coefficient (Wildman–Crippen LogP) is 5.09. The average molecular weight is 579 g/mol. The first-order chi connectivity index (χ1) is 19.1. The molecule has 3 aromatic rings. The topological polar surface area (TPSA) is 70.3 Å². The van der Waals surface area contributed by atoms with Gasteiger partial charge in [0.1, 0.15) is 23.2 Å². The van der Waals surface area contributed by atoms with Gasteiger partial charge >= 0.3 is 0 Å². The molecule has 7 nitrogen and oxygen atoms in total. The molecule has 1 N–H and O–H groups in total. The van der Waals surface area contributed by atoms with Crippen molar-refractivity contribution in [2.45, 2.75) is 31.4 Å². The van der Waals surface area contributed by atoms with Gasteiger partial charge in [0, 0.05) is 37.3 Å². The normalized spacial score (nSPS) is 23.4. The van der Waals surface area contributed by atoms with Crippen molar-refractivity contribution in [3.05, 3.63) is 88.3 Å². The quantitative estimate of drug-likeness (QED) is 0.396. The van der Waals surface area contributed by atoms with E-state index in [1.165, 1.54) is 25.1 Å². The number of anilines is 1. The molecule has 2 aromatic carbocycles. The van der Waals surface area contributed by atoms with E-state index in [2.05, 4.69) is 15.3 Å². The summed E-state index contributed by atoms with van der Waals surface area (Å²) in [6.45, 7) is 6.36. The van der Waals surface area contributed by atoms with Gasteiger partial charge in [-0.1, -0.05) is 6.92 Å². The Hall–Kier alpha value is -3.41. The smallest absolute Gasteiger partial charge is 0.249 e. The molecule has 1 saturated heterocycles. The summed E-state index contributed by atoms with van der Waals surface area (Å²) < 4.78 is 69.5. The van der Waals surface area contributed by atoms with E-state index in [4.69, 9.17) is 20.8 Å². The molecule has 1 aromatic heterocycles. The lowest BCUT2D eigenvalue weighted by Crippen LogP contribution is -2.59. The van der Waals surface area contributed by atoms with Crippen molar-refractivity contribution in [3.63, 3.8) is 0 Å². The van der Waals surface area contributed by atoms with Crippen LogP contribution in [0.1, 0.15) is 31.1 Å². The minimum Gasteiger partial charge on any atom is -0.449 e. The molecule has 0 aliphatic carbocycles. The second-order valence-electron chi connectivity index (χ2n) is 9.84. The lowest BCUT2D eigenvalue weighted by atomic mass is 9.78. The molecule has 212 valence electrons. The van der Waals surface area contributed by atoms with Gasteiger partial charge in [-0.25, -0.2) is 22.6 Å². The van der Waals surface area contributed by atoms with Crippen molar-refractivity contribution in [2.75, 3.05) is 37.8 Å². The maximum atomic E-state index is 15.2. The third kappa shape index (κ3) is 5.21. The van der Waals surface area contributed by atoms with Crippen LogP contribution in [0, 0.1) is 23.3 Å². The van der Waals surface area contributed by atoms with Crippen LogP contribution in [0.2, 0.25) is 5.22 Å². The number of likely N-dealkylation sites (N-methyl/N-ethyl adjacent to an activating group) is 1. The summed E-state index contributed by atoms with van der Waals surface area (Å²) in [6.07, 6.45) is -0.301. The fourth-order valence-corrected chi connectivity index (χ4v) is 5.37. The SMILES string of the molecule is CCN1CCOC(CNC(=O)C2(C)C(c3ccc(Cl)o3)C(c3ccc(F)cc3F)=NN2c2ccc(F)cc2F)C1. The number of ether oxygens (including phenoxy) is 1. The van der Waals surface area contributed by atoms with Gasteiger partial charge in [-0.2, -0.15) is 5.10 Å². The zero-order chi connectivity index (χ0) is 28.6. The highest BCUT2D eigenvalue weighted by Crippen LogP contribution is 2.46. The van der Waals surface area contributed by atoms with Crippen molar-refractivity contribution >= 4 is 28.9 Å². The number of morpholine rings is 1. The Morgan fingerprint density at radius 3 is 2.48 bits per heavy atom. The van der Waals surface area contributed by atoms with Gasteiger partial charge < -0.3 is 14.5 Å². The van der Waals surface area contributed by atoms with E-state index in [0.29, 0.717) is 25.3 Å². The number of amides is 1. The van der Waals surface area contributed by atoms with Gasteiger partial charge in [-0.05, 0) is 61.5 Å². The van der Waals surface area contributed by atoms with E-state index in [1.54, 1.807) is 0 Å². The van der Waals surface area contributed by atoms with E-state index in [1.807, 2.05) is 6.92 Å². The Balaban J connectivity index is 1.61. The van der Waals surface area contributed by atoms with Crippen LogP contribution < -0.4 is 10.3 Å². The van der Waals surface area contributed by atoms with Gasteiger partial charge in [0.25, 0.3) is 0 Å². The number of halogens is 5. The van der Waals surface area contributed by atoms with Crippen LogP contribution in [0.4, 0.5) is 23.2 Å². The number of rotatable bonds is 7. The van der Waals surface area contributed by atoms with Crippen LogP contribution in [0.5, 0.6) is 0 Å². The van der Waals surface area contributed by atoms with Gasteiger partial charge in [-0.15, -0.1) is 0 Å². The van der Waals surface area contributed by atoms with Crippen molar-refractivity contribution in [3.8, 4) is 0 Å². The molecule has 5 rings (SSSR count). The molecule has 40 heavy (non-hydrogen) atoms. The molecule has 12 heteroatoms. The lowest BCUT2D eigenvalue weighted by Gasteiger charge is -2.38. The largest absolute Gasteiger partial charge is 0.449 e. The first-order valence-electron chi connectivity index (χ1n) is 12.8. The number of hydrogen-bond acceptors (Lipinski definition) is 6. The maximum Gasteiger partial charge on any atom is 0.249 e. The predicted molar refractivity (Wildman–Crippen MR) is 141 cm³/mol. The van der Waals surface area contributed by atoms with Crippen LogP contribution >= 0.6 is 11.6 Å². The number of nitrogens with zero attached hydrogens (tertiary/aromatic N) is 3. The zero-order valence-electron chi connectivity index (χ0n) is 21.8. The maximum absolute atomic E-state index is 15.2. The minimum atomic E-state index is -1.77. The molecule has 0 radical (unpaired) electrons. The molecule has 0 saturated carbocycles. The van der Waals surface area contributed by atoms with Crippen LogP contribution in [-0.2, 0) is 9.53 Å². The summed E-state index contributed by atoms with van der Waals surface area (Å²) in [5.41, 5.74) is -2.16. The molecule has 3 heterocycles. The summed E-state index contributed by atoms with van der Waals surface area (Å²) in [7, 11) is 0. The standard InChI is InChI=1S/C28H27ClF4N4O3/c1-3-36-10-11-39-18(15-36)14-34-27(38)28(2)25(23-8-9-24(29)40-23)26(19-6-4-16(30)12-20(19)32)35-37(28)22-7-5-17(31)13-21(22)33/h4-9,12-13,18,25H,3,10-11,14-15H2,1-2H3,(H,34,38). The number of carbonyl (C=O) groups excluding carboxylic acids is 1. The van der Waals surface area contributed by atoms with Crippen LogP contribution in [-0.4, -0.2) is 60.9 Å². The highest BCUT2D eigenvalue weighted by molar-refractivity contribution is 6.28. The molecule has 1 amide bonds. The molecule has 0 bridgehead atoms. The summed E-state index contributed by atoms with van der Waals surface area (Å²) in [6, 6.07) is 8.68. The van der Waals surface area contributed by atoms with Crippen LogP contribution in [0.25, 0.3) is 0 Å². The summed E-state index contributed by atoms with van der Waals surface area (Å²) in [4.78, 5) is 16.3. The van der Waals surface area contributed by atoms with Crippen LogP contribution in [0.15, 0.2) is 58.0 Å². The average Bonchev–Trinajstić information content (AvgIpc) is 3.48. The van der Waals surface area contributed by atoms with Gasteiger partial charge in [0.15, 0.2) is 16.6 Å². The fraction of sp³-hybridized carbons (Fsp3) is 0.357. The number of nitrogens with one attached hydrogen (secondary N) is 1. The summed E-state index contributed by atoms with van der Waals surface area (Å²) in [5, 5.41) is 8.45. The second-order valence-corrected chi connectivity index (χ2v) is 10.2. The molecule has 0 spiro atoms. The van der Waals surface area contributed by atoms with E-state index in [9.17, 15) is 13.6 Å². The number of hydrogen-bond donors (Lipinski definition) is 1. The van der Waals surface area contributed by atoms with Gasteiger partial charge in [0.2, 0.25) is 5.91 Å². The van der Waals surface area contributed by atoms with Crippen molar-refractivity contribution < 1.29 is 31.5 Å². The Kier molecular flexibility index (Phi) is 7.89. The lowest BCUT2D eigenvalue weighted by molar-refractivity contribution is -0.127. The fourth-order valence-electron chi connectivity index (χ4n) is 5.22. The Morgan fingerprint density at radius 2 is 1.82 bits per heavy atom. The highest BCUT2D eigenvalue weighted by atomic mass is 35.5. The van der Waals surface area contributed by atoms with Crippen molar-refractivity contribution in [2.24, 2.45) is 5.10 Å². The Bertz CT molecular complexity index is 1450. The molecular formula is C28H27ClF4N4O3. The Labute approximate surface area is 233 Å². The number of carbonyl (C=O) groups is 1. The number of furan rings is 1. The van der Waals surface area contributed by atoms with Gasteiger partial charge in [0.05, 0.1) is 30.0 Å². The van der Waals surface area contributed by atoms with E-state index < -0.39 is 40.6 Å². The number of hydrazone groups is 1. The number of benzene rings is 2. The highest BCUT2D eigenvalue weighted by Gasteiger charge is 2.57. The summed E-state index contributed by atoms with van der Waals surface area (Å²) >= 11 is 6.08. The van der Waals surface area contributed by atoms with E-state index in [-0.39, 0.29) is 40.6 Å². The van der Waals surface area contributed by atoms with Crippen LogP contribution in [0.3, 0.4) is 0 Å². The molecule has 2 aliphatic heterocycles. The monoisotopic (exact) mass is 578 g/mol.